The molecule has 7 nitrogen and oxygen atoms in total. The van der Waals surface area contributed by atoms with Crippen molar-refractivity contribution in [1.29, 1.82) is 0 Å². The Balaban J connectivity index is 2.21. The zero-order valence-electron chi connectivity index (χ0n) is 23.8. The van der Waals surface area contributed by atoms with Crippen molar-refractivity contribution in [3.8, 4) is 11.5 Å². The normalized spacial score (nSPS) is 13.0. The van der Waals surface area contributed by atoms with Gasteiger partial charge in [0.2, 0.25) is 8.32 Å². The average Bonchev–Trinajstić information content (AvgIpc) is 2.78. The number of benzene rings is 2. The highest BCUT2D eigenvalue weighted by molar-refractivity contribution is 6.74. The zero-order chi connectivity index (χ0) is 27.9. The summed E-state index contributed by atoms with van der Waals surface area (Å²) in [5, 5.41) is 2.83. The van der Waals surface area contributed by atoms with Gasteiger partial charge in [-0.2, -0.15) is 0 Å². The lowest BCUT2D eigenvalue weighted by atomic mass is 9.97. The molecule has 37 heavy (non-hydrogen) atoms. The van der Waals surface area contributed by atoms with E-state index in [1.165, 1.54) is 0 Å². The maximum Gasteiger partial charge on any atom is 0.408 e. The number of ketones is 1. The standard InChI is InChI=1S/C29H43NO6Si/c1-28(2,3)35-27(32)30-25(20-21-10-14-23(15-11-21)34-19-18-33-7)26(31)22-12-16-24(17-13-22)36-37(8,9)29(4,5)6/h10-17,25H,18-20H2,1-9H3,(H,30,32)/t25-/m0/s1. The van der Waals surface area contributed by atoms with E-state index in [0.717, 1.165) is 11.3 Å². The Kier molecular flexibility index (Phi) is 10.3. The van der Waals surface area contributed by atoms with Crippen LogP contribution < -0.4 is 14.5 Å². The molecule has 0 radical (unpaired) electrons. The molecule has 1 N–H and O–H groups in total. The summed E-state index contributed by atoms with van der Waals surface area (Å²) in [6.45, 7) is 17.2. The topological polar surface area (TPSA) is 83.1 Å². The third kappa shape index (κ3) is 9.85. The molecule has 0 saturated heterocycles. The number of ether oxygens (including phenoxy) is 3. The molecule has 8 heteroatoms. The van der Waals surface area contributed by atoms with Crippen molar-refractivity contribution in [2.45, 2.75) is 77.7 Å². The van der Waals surface area contributed by atoms with Gasteiger partial charge < -0.3 is 24.0 Å². The summed E-state index contributed by atoms with van der Waals surface area (Å²) in [6.07, 6.45) is -0.332. The first kappa shape index (κ1) is 30.4. The summed E-state index contributed by atoms with van der Waals surface area (Å²) >= 11 is 0. The number of rotatable bonds is 11. The smallest absolute Gasteiger partial charge is 0.408 e. The van der Waals surface area contributed by atoms with Crippen LogP contribution in [0, 0.1) is 0 Å². The second-order valence-corrected chi connectivity index (χ2v) is 16.4. The van der Waals surface area contributed by atoms with E-state index in [2.05, 4.69) is 39.2 Å². The average molecular weight is 530 g/mol. The van der Waals surface area contributed by atoms with E-state index < -0.39 is 26.1 Å². The van der Waals surface area contributed by atoms with Crippen LogP contribution in [-0.2, 0) is 15.9 Å². The first-order chi connectivity index (χ1) is 17.1. The lowest BCUT2D eigenvalue weighted by molar-refractivity contribution is 0.0491. The molecule has 0 aromatic heterocycles. The molecule has 0 saturated carbocycles. The zero-order valence-corrected chi connectivity index (χ0v) is 24.8. The van der Waals surface area contributed by atoms with Crippen molar-refractivity contribution < 1.29 is 28.2 Å². The maximum absolute atomic E-state index is 13.5. The largest absolute Gasteiger partial charge is 0.544 e. The second-order valence-electron chi connectivity index (χ2n) is 11.6. The molecule has 0 aliphatic heterocycles. The number of Topliss-reactive ketones (excluding diaryl/α,β-unsaturated/α-hetero) is 1. The van der Waals surface area contributed by atoms with E-state index in [9.17, 15) is 9.59 Å². The SMILES string of the molecule is COCCOc1ccc(C[C@H](NC(=O)OC(C)(C)C)C(=O)c2ccc(O[Si](C)(C)C(C)(C)C)cc2)cc1. The summed E-state index contributed by atoms with van der Waals surface area (Å²) in [5.74, 6) is 1.25. The third-order valence-corrected chi connectivity index (χ3v) is 10.6. The van der Waals surface area contributed by atoms with Crippen LogP contribution in [0.1, 0.15) is 57.5 Å². The number of nitrogens with one attached hydrogen (secondary N) is 1. The van der Waals surface area contributed by atoms with Gasteiger partial charge >= 0.3 is 6.09 Å². The number of carbonyl (C=O) groups excluding carboxylic acids is 2. The van der Waals surface area contributed by atoms with Crippen molar-refractivity contribution in [2.24, 2.45) is 0 Å². The number of methoxy groups -OCH3 is 1. The van der Waals surface area contributed by atoms with Gasteiger partial charge in [-0.25, -0.2) is 4.79 Å². The van der Waals surface area contributed by atoms with E-state index in [4.69, 9.17) is 18.6 Å². The molecular formula is C29H43NO6Si. The number of hydrogen-bond donors (Lipinski definition) is 1. The van der Waals surface area contributed by atoms with Crippen LogP contribution >= 0.6 is 0 Å². The minimum absolute atomic E-state index is 0.0638. The first-order valence-electron chi connectivity index (χ1n) is 12.6. The fourth-order valence-corrected chi connectivity index (χ4v) is 4.23. The van der Waals surface area contributed by atoms with Crippen molar-refractivity contribution in [2.75, 3.05) is 20.3 Å². The van der Waals surface area contributed by atoms with Gasteiger partial charge in [0.05, 0.1) is 12.6 Å². The van der Waals surface area contributed by atoms with Gasteiger partial charge in [0.1, 0.15) is 23.7 Å². The highest BCUT2D eigenvalue weighted by Gasteiger charge is 2.39. The summed E-state index contributed by atoms with van der Waals surface area (Å²) in [5.41, 5.74) is 0.691. The Bertz CT molecular complexity index is 1020. The first-order valence-corrected chi connectivity index (χ1v) is 15.6. The van der Waals surface area contributed by atoms with Crippen molar-refractivity contribution >= 4 is 20.2 Å². The molecule has 0 fully saturated rings. The Labute approximate surface area is 223 Å². The predicted octanol–water partition coefficient (Wildman–Crippen LogP) is 6.41. The molecule has 1 amide bonds. The summed E-state index contributed by atoms with van der Waals surface area (Å²) in [6, 6.07) is 13.8. The number of alkyl carbamates (subject to hydrolysis) is 1. The molecule has 204 valence electrons. The number of amides is 1. The predicted molar refractivity (Wildman–Crippen MR) is 149 cm³/mol. The highest BCUT2D eigenvalue weighted by atomic mass is 28.4. The van der Waals surface area contributed by atoms with E-state index >= 15 is 0 Å². The maximum atomic E-state index is 13.5. The Morgan fingerprint density at radius 1 is 0.865 bits per heavy atom. The second kappa shape index (κ2) is 12.6. The molecule has 0 spiro atoms. The quantitative estimate of drug-likeness (QED) is 0.206. The molecule has 2 rings (SSSR count). The van der Waals surface area contributed by atoms with Crippen LogP contribution in [0.2, 0.25) is 18.1 Å². The van der Waals surface area contributed by atoms with Gasteiger partial charge in [-0.05, 0) is 80.9 Å². The minimum atomic E-state index is -2.00. The van der Waals surface area contributed by atoms with Crippen LogP contribution in [0.5, 0.6) is 11.5 Å². The van der Waals surface area contributed by atoms with Gasteiger partial charge in [-0.15, -0.1) is 0 Å². The van der Waals surface area contributed by atoms with Gasteiger partial charge in [0, 0.05) is 19.1 Å². The molecule has 2 aromatic rings. The number of hydrogen-bond acceptors (Lipinski definition) is 6. The van der Waals surface area contributed by atoms with Crippen molar-refractivity contribution in [1.82, 2.24) is 5.32 Å². The Morgan fingerprint density at radius 3 is 1.95 bits per heavy atom. The van der Waals surface area contributed by atoms with Gasteiger partial charge in [-0.3, -0.25) is 4.79 Å². The highest BCUT2D eigenvalue weighted by Crippen LogP contribution is 2.37. The molecule has 0 aliphatic rings. The summed E-state index contributed by atoms with van der Waals surface area (Å²) < 4.78 is 22.4. The van der Waals surface area contributed by atoms with E-state index in [0.29, 0.717) is 30.9 Å². The summed E-state index contributed by atoms with van der Waals surface area (Å²) in [4.78, 5) is 26.1. The molecule has 0 bridgehead atoms. The van der Waals surface area contributed by atoms with E-state index in [1.807, 2.05) is 36.4 Å². The van der Waals surface area contributed by atoms with Crippen molar-refractivity contribution in [3.63, 3.8) is 0 Å². The molecule has 0 unspecified atom stereocenters. The van der Waals surface area contributed by atoms with Crippen LogP contribution in [-0.4, -0.2) is 52.2 Å². The summed E-state index contributed by atoms with van der Waals surface area (Å²) in [7, 11) is -0.378. The molecule has 2 aromatic carbocycles. The van der Waals surface area contributed by atoms with Crippen LogP contribution in [0.25, 0.3) is 0 Å². The lowest BCUT2D eigenvalue weighted by Gasteiger charge is -2.36. The molecule has 0 aliphatic carbocycles. The van der Waals surface area contributed by atoms with Gasteiger partial charge in [-0.1, -0.05) is 32.9 Å². The van der Waals surface area contributed by atoms with Crippen molar-refractivity contribution in [3.05, 3.63) is 59.7 Å². The lowest BCUT2D eigenvalue weighted by Crippen LogP contribution is -2.45. The van der Waals surface area contributed by atoms with E-state index in [-0.39, 0.29) is 10.8 Å². The molecular weight excluding hydrogens is 486 g/mol. The fraction of sp³-hybridized carbons (Fsp3) is 0.517. The van der Waals surface area contributed by atoms with Crippen LogP contribution in [0.3, 0.4) is 0 Å². The van der Waals surface area contributed by atoms with E-state index in [1.54, 1.807) is 40.0 Å². The minimum Gasteiger partial charge on any atom is -0.544 e. The van der Waals surface area contributed by atoms with Gasteiger partial charge in [0.25, 0.3) is 0 Å². The molecule has 1 atom stereocenters. The van der Waals surface area contributed by atoms with Crippen LogP contribution in [0.15, 0.2) is 48.5 Å². The number of carbonyl (C=O) groups is 2. The fourth-order valence-electron chi connectivity index (χ4n) is 3.20. The van der Waals surface area contributed by atoms with Crippen LogP contribution in [0.4, 0.5) is 4.79 Å². The Hall–Kier alpha value is -2.84. The third-order valence-electron chi connectivity index (χ3n) is 6.24. The molecule has 0 heterocycles. The monoisotopic (exact) mass is 529 g/mol. The Morgan fingerprint density at radius 2 is 1.43 bits per heavy atom. The van der Waals surface area contributed by atoms with Gasteiger partial charge in [0.15, 0.2) is 5.78 Å².